The van der Waals surface area contributed by atoms with Gasteiger partial charge in [-0.3, -0.25) is 9.69 Å². The van der Waals surface area contributed by atoms with Crippen molar-refractivity contribution in [2.24, 2.45) is 5.92 Å². The van der Waals surface area contributed by atoms with Gasteiger partial charge in [0.05, 0.1) is 12.5 Å². The van der Waals surface area contributed by atoms with Crippen LogP contribution in [0.3, 0.4) is 0 Å². The molecule has 0 aromatic carbocycles. The van der Waals surface area contributed by atoms with Gasteiger partial charge in [-0.1, -0.05) is 6.92 Å². The number of nitrogens with zero attached hydrogens (tertiary/aromatic N) is 1. The number of alkyl halides is 2. The maximum atomic E-state index is 12.9. The quantitative estimate of drug-likeness (QED) is 0.761. The first-order chi connectivity index (χ1) is 6.41. The van der Waals surface area contributed by atoms with E-state index in [1.807, 2.05) is 0 Å². The van der Waals surface area contributed by atoms with Gasteiger partial charge >= 0.3 is 5.97 Å². The van der Waals surface area contributed by atoms with Crippen LogP contribution in [0.5, 0.6) is 0 Å². The van der Waals surface area contributed by atoms with Crippen LogP contribution in [0.25, 0.3) is 0 Å². The summed E-state index contributed by atoms with van der Waals surface area (Å²) in [5, 5.41) is 8.63. The maximum Gasteiger partial charge on any atom is 0.307 e. The lowest BCUT2D eigenvalue weighted by atomic mass is 10.1. The summed E-state index contributed by atoms with van der Waals surface area (Å²) in [6.45, 7) is 2.03. The molecule has 0 bridgehead atoms. The van der Waals surface area contributed by atoms with Crippen LogP contribution in [0, 0.1) is 5.92 Å². The predicted molar refractivity (Wildman–Crippen MR) is 47.4 cm³/mol. The fourth-order valence-corrected chi connectivity index (χ4v) is 1.67. The average molecular weight is 207 g/mol. The SMILES string of the molecule is CC(CN1CCCC(F)(F)C1)C(=O)O. The number of hydrogen-bond donors (Lipinski definition) is 1. The first-order valence-electron chi connectivity index (χ1n) is 4.74. The van der Waals surface area contributed by atoms with E-state index in [9.17, 15) is 13.6 Å². The molecule has 0 aliphatic carbocycles. The zero-order valence-corrected chi connectivity index (χ0v) is 8.17. The number of carboxylic acids is 1. The van der Waals surface area contributed by atoms with Gasteiger partial charge < -0.3 is 5.11 Å². The summed E-state index contributed by atoms with van der Waals surface area (Å²) in [4.78, 5) is 12.1. The van der Waals surface area contributed by atoms with Crippen LogP contribution in [0.15, 0.2) is 0 Å². The molecule has 1 fully saturated rings. The van der Waals surface area contributed by atoms with Gasteiger partial charge in [0.1, 0.15) is 0 Å². The molecule has 0 aromatic rings. The molecule has 0 amide bonds. The Balaban J connectivity index is 2.42. The first kappa shape index (κ1) is 11.4. The summed E-state index contributed by atoms with van der Waals surface area (Å²) < 4.78 is 25.8. The van der Waals surface area contributed by atoms with Crippen molar-refractivity contribution in [2.45, 2.75) is 25.7 Å². The van der Waals surface area contributed by atoms with Gasteiger partial charge in [0.2, 0.25) is 0 Å². The molecule has 1 N–H and O–H groups in total. The standard InChI is InChI=1S/C9H15F2NO2/c1-7(8(13)14)5-12-4-2-3-9(10,11)6-12/h7H,2-6H2,1H3,(H,13,14). The summed E-state index contributed by atoms with van der Waals surface area (Å²) >= 11 is 0. The number of likely N-dealkylation sites (tertiary alicyclic amines) is 1. The van der Waals surface area contributed by atoms with Crippen molar-refractivity contribution in [1.82, 2.24) is 4.90 Å². The molecule has 0 saturated carbocycles. The number of rotatable bonds is 3. The van der Waals surface area contributed by atoms with Gasteiger partial charge in [-0.25, -0.2) is 8.78 Å². The van der Waals surface area contributed by atoms with E-state index >= 15 is 0 Å². The highest BCUT2D eigenvalue weighted by Crippen LogP contribution is 2.26. The molecule has 1 aliphatic rings. The Hall–Kier alpha value is -0.710. The summed E-state index contributed by atoms with van der Waals surface area (Å²) in [5.41, 5.74) is 0. The fraction of sp³-hybridized carbons (Fsp3) is 0.889. The van der Waals surface area contributed by atoms with Gasteiger partial charge in [-0.15, -0.1) is 0 Å². The minimum Gasteiger partial charge on any atom is -0.481 e. The average Bonchev–Trinajstić information content (AvgIpc) is 2.01. The number of aliphatic carboxylic acids is 1. The smallest absolute Gasteiger partial charge is 0.307 e. The molecular weight excluding hydrogens is 192 g/mol. The molecule has 14 heavy (non-hydrogen) atoms. The van der Waals surface area contributed by atoms with E-state index in [0.717, 1.165) is 0 Å². The number of piperidine rings is 1. The number of halogens is 2. The van der Waals surface area contributed by atoms with Gasteiger partial charge in [0, 0.05) is 13.0 Å². The zero-order valence-electron chi connectivity index (χ0n) is 8.17. The molecule has 1 rings (SSSR count). The van der Waals surface area contributed by atoms with Crippen molar-refractivity contribution in [1.29, 1.82) is 0 Å². The third kappa shape index (κ3) is 3.21. The summed E-state index contributed by atoms with van der Waals surface area (Å²) in [7, 11) is 0. The molecule has 1 unspecified atom stereocenters. The Labute approximate surface area is 81.7 Å². The topological polar surface area (TPSA) is 40.5 Å². The lowest BCUT2D eigenvalue weighted by molar-refractivity contribution is -0.142. The second kappa shape index (κ2) is 4.21. The van der Waals surface area contributed by atoms with Gasteiger partial charge in [0.25, 0.3) is 5.92 Å². The van der Waals surface area contributed by atoms with Crippen molar-refractivity contribution < 1.29 is 18.7 Å². The van der Waals surface area contributed by atoms with Crippen molar-refractivity contribution in [3.63, 3.8) is 0 Å². The lowest BCUT2D eigenvalue weighted by Crippen LogP contribution is -2.45. The number of hydrogen-bond acceptors (Lipinski definition) is 2. The minimum atomic E-state index is -2.64. The van der Waals surface area contributed by atoms with Crippen molar-refractivity contribution in [3.8, 4) is 0 Å². The Bertz CT molecular complexity index is 221. The van der Waals surface area contributed by atoms with Crippen LogP contribution in [-0.2, 0) is 4.79 Å². The van der Waals surface area contributed by atoms with Crippen LogP contribution in [0.2, 0.25) is 0 Å². The second-order valence-electron chi connectivity index (χ2n) is 3.93. The van der Waals surface area contributed by atoms with Gasteiger partial charge in [-0.05, 0) is 13.0 Å². The zero-order chi connectivity index (χ0) is 10.8. The Kier molecular flexibility index (Phi) is 3.42. The molecule has 1 aliphatic heterocycles. The summed E-state index contributed by atoms with van der Waals surface area (Å²) in [5.74, 6) is -4.15. The van der Waals surface area contributed by atoms with E-state index in [1.54, 1.807) is 0 Å². The molecular formula is C9H15F2NO2. The van der Waals surface area contributed by atoms with E-state index in [1.165, 1.54) is 11.8 Å². The normalized spacial score (nSPS) is 24.5. The first-order valence-corrected chi connectivity index (χ1v) is 4.74. The Morgan fingerprint density at radius 3 is 2.79 bits per heavy atom. The van der Waals surface area contributed by atoms with Crippen molar-refractivity contribution in [3.05, 3.63) is 0 Å². The lowest BCUT2D eigenvalue weighted by Gasteiger charge is -2.33. The summed E-state index contributed by atoms with van der Waals surface area (Å²) in [6.07, 6.45) is 0.365. The number of carbonyl (C=O) groups is 1. The largest absolute Gasteiger partial charge is 0.481 e. The third-order valence-corrected chi connectivity index (χ3v) is 2.43. The van der Waals surface area contributed by atoms with E-state index < -0.39 is 17.8 Å². The Morgan fingerprint density at radius 2 is 2.29 bits per heavy atom. The number of carboxylic acid groups (broad SMARTS) is 1. The predicted octanol–water partition coefficient (Wildman–Crippen LogP) is 1.44. The van der Waals surface area contributed by atoms with E-state index in [-0.39, 0.29) is 19.5 Å². The molecule has 82 valence electrons. The molecule has 0 radical (unpaired) electrons. The van der Waals surface area contributed by atoms with Crippen LogP contribution in [0.1, 0.15) is 19.8 Å². The molecule has 1 heterocycles. The van der Waals surface area contributed by atoms with Crippen LogP contribution in [0.4, 0.5) is 8.78 Å². The molecule has 1 atom stereocenters. The van der Waals surface area contributed by atoms with E-state index in [4.69, 9.17) is 5.11 Å². The van der Waals surface area contributed by atoms with Crippen LogP contribution >= 0.6 is 0 Å². The van der Waals surface area contributed by atoms with Crippen LogP contribution < -0.4 is 0 Å². The molecule has 1 saturated heterocycles. The highest BCUT2D eigenvalue weighted by atomic mass is 19.3. The molecule has 5 heteroatoms. The highest BCUT2D eigenvalue weighted by Gasteiger charge is 2.35. The Morgan fingerprint density at radius 1 is 1.64 bits per heavy atom. The van der Waals surface area contributed by atoms with Crippen LogP contribution in [-0.4, -0.2) is 41.5 Å². The van der Waals surface area contributed by atoms with Crippen molar-refractivity contribution in [2.75, 3.05) is 19.6 Å². The minimum absolute atomic E-state index is 0.0784. The van der Waals surface area contributed by atoms with E-state index in [0.29, 0.717) is 13.0 Å². The maximum absolute atomic E-state index is 12.9. The van der Waals surface area contributed by atoms with Crippen molar-refractivity contribution >= 4 is 5.97 Å². The van der Waals surface area contributed by atoms with Gasteiger partial charge in [-0.2, -0.15) is 0 Å². The molecule has 0 aromatic heterocycles. The molecule has 3 nitrogen and oxygen atoms in total. The molecule has 0 spiro atoms. The fourth-order valence-electron chi connectivity index (χ4n) is 1.67. The second-order valence-corrected chi connectivity index (χ2v) is 3.93. The highest BCUT2D eigenvalue weighted by molar-refractivity contribution is 5.69. The van der Waals surface area contributed by atoms with E-state index in [2.05, 4.69) is 0 Å². The van der Waals surface area contributed by atoms with Gasteiger partial charge in [0.15, 0.2) is 0 Å². The summed E-state index contributed by atoms with van der Waals surface area (Å²) in [6, 6.07) is 0. The third-order valence-electron chi connectivity index (χ3n) is 2.43. The monoisotopic (exact) mass is 207 g/mol.